The Morgan fingerprint density at radius 1 is 1.03 bits per heavy atom. The Labute approximate surface area is 233 Å². The molecule has 0 unspecified atom stereocenters. The predicted molar refractivity (Wildman–Crippen MR) is 134 cm³/mol. The number of oxazole rings is 1. The molecule has 0 amide bonds. The monoisotopic (exact) mass is 605 g/mol. The van der Waals surface area contributed by atoms with Crippen molar-refractivity contribution in [2.75, 3.05) is 6.61 Å². The van der Waals surface area contributed by atoms with Crippen LogP contribution >= 0.6 is 35.0 Å². The van der Waals surface area contributed by atoms with E-state index in [2.05, 4.69) is 4.98 Å². The fourth-order valence-electron chi connectivity index (χ4n) is 4.42. The number of ether oxygens (including phenoxy) is 1. The largest absolute Gasteiger partial charge is 0.448 e. The number of rotatable bonds is 7. The van der Waals surface area contributed by atoms with E-state index in [1.807, 2.05) is 0 Å². The van der Waals surface area contributed by atoms with Gasteiger partial charge in [0.25, 0.3) is 0 Å². The van der Waals surface area contributed by atoms with Crippen LogP contribution in [0.15, 0.2) is 45.9 Å². The summed E-state index contributed by atoms with van der Waals surface area (Å²) in [5, 5.41) is 33.9. The van der Waals surface area contributed by atoms with Gasteiger partial charge in [-0.2, -0.15) is 0 Å². The van der Waals surface area contributed by atoms with Gasteiger partial charge in [-0.3, -0.25) is 9.59 Å². The molecule has 0 bridgehead atoms. The minimum Gasteiger partial charge on any atom is -0.448 e. The highest BCUT2D eigenvalue weighted by atomic mass is 35.5. The van der Waals surface area contributed by atoms with Crippen molar-refractivity contribution in [3.8, 4) is 11.3 Å². The Morgan fingerprint density at radius 2 is 1.64 bits per heavy atom. The number of ketones is 2. The first-order valence-electron chi connectivity index (χ1n) is 11.2. The van der Waals surface area contributed by atoms with Crippen molar-refractivity contribution in [1.82, 2.24) is 4.98 Å². The van der Waals surface area contributed by atoms with Crippen molar-refractivity contribution < 1.29 is 47.2 Å². The van der Waals surface area contributed by atoms with Crippen LogP contribution in [-0.2, 0) is 14.3 Å². The van der Waals surface area contributed by atoms with E-state index in [0.29, 0.717) is 17.0 Å². The number of halogens is 5. The number of hydrogen-bond acceptors (Lipinski definition) is 9. The molecule has 208 valence electrons. The molecule has 5 atom stereocenters. The quantitative estimate of drug-likeness (QED) is 0.337. The number of benzene rings is 2. The number of Topliss-reactive ketones (excluding diaryl/α,β-unsaturated/α-hetero) is 2. The molecule has 39 heavy (non-hydrogen) atoms. The minimum atomic E-state index is -2.76. The Bertz CT molecular complexity index is 1430. The number of carbonyl (C=O) groups excluding carboxylic acids is 2. The van der Waals surface area contributed by atoms with Crippen LogP contribution in [0.5, 0.6) is 0 Å². The SMILES string of the molecule is CC(=O)[C@@]1(O)[C@@H](c2nc(-c3cc(F)c(F)c(F)c3)co2)[C@](O)(C(C)=O)[C@@H](CO)O[C@@H]1Sc1ccc(Cl)c(Cl)c1. The van der Waals surface area contributed by atoms with Gasteiger partial charge in [0.1, 0.15) is 29.4 Å². The number of carbonyl (C=O) groups is 2. The van der Waals surface area contributed by atoms with Crippen LogP contribution in [0.3, 0.4) is 0 Å². The number of aliphatic hydroxyl groups excluding tert-OH is 1. The van der Waals surface area contributed by atoms with Crippen molar-refractivity contribution in [3.63, 3.8) is 0 Å². The van der Waals surface area contributed by atoms with Crippen molar-refractivity contribution >= 4 is 46.5 Å². The number of hydrogen-bond donors (Lipinski definition) is 3. The lowest BCUT2D eigenvalue weighted by Crippen LogP contribution is -2.72. The summed E-state index contributed by atoms with van der Waals surface area (Å²) in [5.74, 6) is -9.29. The van der Waals surface area contributed by atoms with Crippen LogP contribution < -0.4 is 0 Å². The van der Waals surface area contributed by atoms with Crippen molar-refractivity contribution in [2.24, 2.45) is 0 Å². The normalized spacial score (nSPS) is 27.0. The zero-order chi connectivity index (χ0) is 28.9. The maximum Gasteiger partial charge on any atom is 0.204 e. The molecule has 2 heterocycles. The van der Waals surface area contributed by atoms with Gasteiger partial charge in [0.05, 0.1) is 16.7 Å². The molecule has 1 aliphatic heterocycles. The molecule has 1 aromatic heterocycles. The molecule has 8 nitrogen and oxygen atoms in total. The number of aliphatic hydroxyl groups is 3. The van der Waals surface area contributed by atoms with Gasteiger partial charge >= 0.3 is 0 Å². The summed E-state index contributed by atoms with van der Waals surface area (Å²) < 4.78 is 52.3. The third-order valence-corrected chi connectivity index (χ3v) is 8.44. The van der Waals surface area contributed by atoms with Crippen LogP contribution in [0.25, 0.3) is 11.3 Å². The van der Waals surface area contributed by atoms with E-state index in [4.69, 9.17) is 32.4 Å². The molecule has 0 spiro atoms. The maximum atomic E-state index is 13.8. The molecule has 0 saturated carbocycles. The molecule has 14 heteroatoms. The smallest absolute Gasteiger partial charge is 0.204 e. The van der Waals surface area contributed by atoms with Crippen molar-refractivity contribution in [3.05, 3.63) is 70.0 Å². The summed E-state index contributed by atoms with van der Waals surface area (Å²) in [6.07, 6.45) is -0.802. The zero-order valence-electron chi connectivity index (χ0n) is 20.1. The molecular formula is C25H20Cl2F3NO7S. The Morgan fingerprint density at radius 3 is 2.18 bits per heavy atom. The first-order chi connectivity index (χ1) is 18.2. The molecular weight excluding hydrogens is 586 g/mol. The second-order valence-electron chi connectivity index (χ2n) is 8.85. The fourth-order valence-corrected chi connectivity index (χ4v) is 6.03. The second-order valence-corrected chi connectivity index (χ2v) is 10.8. The van der Waals surface area contributed by atoms with E-state index >= 15 is 0 Å². The van der Waals surface area contributed by atoms with Crippen LogP contribution in [0, 0.1) is 17.5 Å². The number of thioether (sulfide) groups is 1. The van der Waals surface area contributed by atoms with Crippen LogP contribution in [0.1, 0.15) is 25.7 Å². The summed E-state index contributed by atoms with van der Waals surface area (Å²) in [4.78, 5) is 30.3. The van der Waals surface area contributed by atoms with E-state index in [1.165, 1.54) is 18.2 Å². The number of aromatic nitrogens is 1. The first kappa shape index (κ1) is 29.5. The molecule has 0 aliphatic carbocycles. The van der Waals surface area contributed by atoms with Gasteiger partial charge in [0, 0.05) is 10.5 Å². The summed E-state index contributed by atoms with van der Waals surface area (Å²) >= 11 is 12.8. The van der Waals surface area contributed by atoms with Crippen molar-refractivity contribution in [2.45, 2.75) is 47.4 Å². The Balaban J connectivity index is 1.89. The molecule has 3 N–H and O–H groups in total. The molecule has 1 saturated heterocycles. The summed E-state index contributed by atoms with van der Waals surface area (Å²) in [5.41, 5.74) is -7.58. The second kappa shape index (κ2) is 10.8. The summed E-state index contributed by atoms with van der Waals surface area (Å²) in [6.45, 7) is 0.995. The molecule has 2 aromatic carbocycles. The number of nitrogens with zero attached hydrogens (tertiary/aromatic N) is 1. The van der Waals surface area contributed by atoms with Gasteiger partial charge in [-0.25, -0.2) is 18.2 Å². The van der Waals surface area contributed by atoms with E-state index in [1.54, 1.807) is 0 Å². The van der Waals surface area contributed by atoms with E-state index < -0.39 is 70.2 Å². The molecule has 4 rings (SSSR count). The third-order valence-electron chi connectivity index (χ3n) is 6.49. The van der Waals surface area contributed by atoms with Crippen molar-refractivity contribution in [1.29, 1.82) is 0 Å². The topological polar surface area (TPSA) is 130 Å². The highest BCUT2D eigenvalue weighted by molar-refractivity contribution is 8.00. The lowest BCUT2D eigenvalue weighted by Gasteiger charge is -2.52. The van der Waals surface area contributed by atoms with Gasteiger partial charge in [-0.05, 0) is 44.2 Å². The maximum absolute atomic E-state index is 13.8. The van der Waals surface area contributed by atoms with E-state index in [-0.39, 0.29) is 21.3 Å². The Hall–Kier alpha value is -2.45. The van der Waals surface area contributed by atoms with E-state index in [0.717, 1.165) is 31.9 Å². The van der Waals surface area contributed by atoms with Gasteiger partial charge in [0.2, 0.25) is 5.89 Å². The third kappa shape index (κ3) is 4.99. The average molecular weight is 606 g/mol. The highest BCUT2D eigenvalue weighted by Crippen LogP contribution is 2.52. The summed E-state index contributed by atoms with van der Waals surface area (Å²) in [6, 6.07) is 5.66. The molecule has 1 fully saturated rings. The van der Waals surface area contributed by atoms with Crippen LogP contribution in [-0.4, -0.2) is 61.2 Å². The zero-order valence-corrected chi connectivity index (χ0v) is 22.5. The van der Waals surface area contributed by atoms with E-state index in [9.17, 15) is 38.1 Å². The predicted octanol–water partition coefficient (Wildman–Crippen LogP) is 4.30. The average Bonchev–Trinajstić information content (AvgIpc) is 3.35. The molecule has 1 aliphatic rings. The lowest BCUT2D eigenvalue weighted by molar-refractivity contribution is -0.242. The Kier molecular flexibility index (Phi) is 8.21. The highest BCUT2D eigenvalue weighted by Gasteiger charge is 2.69. The molecule has 3 aromatic rings. The first-order valence-corrected chi connectivity index (χ1v) is 12.8. The lowest BCUT2D eigenvalue weighted by atomic mass is 9.67. The fraction of sp³-hybridized carbons (Fsp3) is 0.320. The molecule has 0 radical (unpaired) electrons. The van der Waals surface area contributed by atoms with Gasteiger partial charge in [-0.15, -0.1) is 0 Å². The van der Waals surface area contributed by atoms with Crippen LogP contribution in [0.4, 0.5) is 13.2 Å². The van der Waals surface area contributed by atoms with Gasteiger partial charge in [-0.1, -0.05) is 35.0 Å². The minimum absolute atomic E-state index is 0.149. The standard InChI is InChI=1S/C25H20Cl2F3NO7S/c1-10(33)24(35)19(8-32)38-23(39-13-3-4-14(26)15(27)7-13)25(36,11(2)34)21(24)22-31-18(9-37-22)12-5-16(28)20(30)17(29)6-12/h3-7,9,19,21,23,32,35-36H,8H2,1-2H3/t19-,21+,23-,24+,25-/m1/s1. The van der Waals surface area contributed by atoms with Gasteiger partial charge in [0.15, 0.2) is 40.2 Å². The summed E-state index contributed by atoms with van der Waals surface area (Å²) in [7, 11) is 0. The van der Waals surface area contributed by atoms with Crippen LogP contribution in [0.2, 0.25) is 10.0 Å². The van der Waals surface area contributed by atoms with Gasteiger partial charge < -0.3 is 24.5 Å².